The van der Waals surface area contributed by atoms with E-state index in [1.54, 1.807) is 30.3 Å². The lowest BCUT2D eigenvalue weighted by atomic mass is 10.1. The van der Waals surface area contributed by atoms with E-state index in [1.807, 2.05) is 18.4 Å². The van der Waals surface area contributed by atoms with E-state index in [9.17, 15) is 9.59 Å². The van der Waals surface area contributed by atoms with Crippen LogP contribution in [-0.4, -0.2) is 17.9 Å². The molecule has 1 unspecified atom stereocenters. The van der Waals surface area contributed by atoms with E-state index in [4.69, 9.17) is 5.73 Å². The van der Waals surface area contributed by atoms with Crippen molar-refractivity contribution >= 4 is 46.9 Å². The average Bonchev–Trinajstić information content (AvgIpc) is 3.02. The van der Waals surface area contributed by atoms with E-state index in [0.717, 1.165) is 6.42 Å². The number of thiophene rings is 1. The summed E-state index contributed by atoms with van der Waals surface area (Å²) in [4.78, 5) is 24.5. The van der Waals surface area contributed by atoms with Crippen LogP contribution in [0.4, 0.5) is 11.4 Å². The number of hydrogen-bond donors (Lipinski definition) is 3. The molecular weight excluding hydrogens is 334 g/mol. The molecule has 23 heavy (non-hydrogen) atoms. The van der Waals surface area contributed by atoms with Gasteiger partial charge in [-0.25, -0.2) is 0 Å². The molecule has 0 aliphatic heterocycles. The Hall–Kier alpha value is -1.89. The van der Waals surface area contributed by atoms with Crippen LogP contribution in [0.3, 0.4) is 0 Å². The summed E-state index contributed by atoms with van der Waals surface area (Å²) in [5, 5.41) is 7.41. The lowest BCUT2D eigenvalue weighted by Crippen LogP contribution is -2.35. The van der Waals surface area contributed by atoms with Gasteiger partial charge in [-0.05, 0) is 36.1 Å². The Morgan fingerprint density at radius 3 is 2.48 bits per heavy atom. The van der Waals surface area contributed by atoms with E-state index in [2.05, 4.69) is 10.6 Å². The number of amides is 2. The number of nitrogens with two attached hydrogens (primary N) is 1. The second-order valence-electron chi connectivity index (χ2n) is 4.90. The number of hydrogen-bond acceptors (Lipinski definition) is 4. The van der Waals surface area contributed by atoms with Gasteiger partial charge < -0.3 is 16.4 Å². The van der Waals surface area contributed by atoms with Crippen LogP contribution in [0.5, 0.6) is 0 Å². The fourth-order valence-corrected chi connectivity index (χ4v) is 2.57. The van der Waals surface area contributed by atoms with Gasteiger partial charge in [0.2, 0.25) is 5.91 Å². The molecule has 0 bridgehead atoms. The van der Waals surface area contributed by atoms with Crippen LogP contribution < -0.4 is 16.4 Å². The number of halogens is 1. The molecule has 1 aromatic heterocycles. The van der Waals surface area contributed by atoms with Gasteiger partial charge in [0, 0.05) is 11.4 Å². The molecule has 0 radical (unpaired) electrons. The van der Waals surface area contributed by atoms with E-state index in [1.165, 1.54) is 11.3 Å². The summed E-state index contributed by atoms with van der Waals surface area (Å²) in [7, 11) is 0. The van der Waals surface area contributed by atoms with Crippen molar-refractivity contribution in [3.05, 3.63) is 46.7 Å². The Morgan fingerprint density at radius 2 is 1.87 bits per heavy atom. The van der Waals surface area contributed by atoms with E-state index < -0.39 is 6.04 Å². The second kappa shape index (κ2) is 9.29. The third kappa shape index (κ3) is 5.67. The van der Waals surface area contributed by atoms with Gasteiger partial charge in [-0.2, -0.15) is 0 Å². The normalized spacial score (nSPS) is 11.2. The van der Waals surface area contributed by atoms with Crippen LogP contribution >= 0.6 is 23.7 Å². The molecule has 1 atom stereocenters. The van der Waals surface area contributed by atoms with Crippen molar-refractivity contribution in [3.8, 4) is 0 Å². The third-order valence-corrected chi connectivity index (χ3v) is 3.94. The van der Waals surface area contributed by atoms with Crippen LogP contribution in [0.25, 0.3) is 0 Å². The first-order valence-corrected chi connectivity index (χ1v) is 7.99. The van der Waals surface area contributed by atoms with Crippen molar-refractivity contribution in [2.24, 2.45) is 5.73 Å². The molecule has 0 aliphatic rings. The molecule has 2 rings (SSSR count). The summed E-state index contributed by atoms with van der Waals surface area (Å²) in [5.41, 5.74) is 7.01. The monoisotopic (exact) mass is 353 g/mol. The number of benzene rings is 1. The molecule has 0 saturated heterocycles. The predicted molar refractivity (Wildman–Crippen MR) is 97.5 cm³/mol. The molecule has 0 spiro atoms. The summed E-state index contributed by atoms with van der Waals surface area (Å²) in [6.45, 7) is 1.98. The van der Waals surface area contributed by atoms with Crippen LogP contribution in [0.15, 0.2) is 41.8 Å². The van der Waals surface area contributed by atoms with Crippen molar-refractivity contribution in [2.75, 3.05) is 10.6 Å². The lowest BCUT2D eigenvalue weighted by Gasteiger charge is -2.12. The smallest absolute Gasteiger partial charge is 0.265 e. The number of nitrogens with one attached hydrogen (secondary N) is 2. The average molecular weight is 354 g/mol. The van der Waals surface area contributed by atoms with Gasteiger partial charge in [0.1, 0.15) is 0 Å². The first-order valence-electron chi connectivity index (χ1n) is 7.11. The summed E-state index contributed by atoms with van der Waals surface area (Å²) < 4.78 is 0. The number of anilines is 2. The van der Waals surface area contributed by atoms with E-state index in [-0.39, 0.29) is 24.2 Å². The Bertz CT molecular complexity index is 647. The fourth-order valence-electron chi connectivity index (χ4n) is 1.95. The highest BCUT2D eigenvalue weighted by atomic mass is 35.5. The minimum atomic E-state index is -0.519. The molecule has 0 fully saturated rings. The standard InChI is InChI=1S/C16H19N3O2S.ClH/c1-2-5-13(17)15(20)18-11-6-3-7-12(10-11)19-16(21)14-8-4-9-22-14;/h3-4,6-10,13H,2,5,17H2,1H3,(H,18,20)(H,19,21);1H. The molecule has 2 amide bonds. The van der Waals surface area contributed by atoms with Crippen molar-refractivity contribution in [2.45, 2.75) is 25.8 Å². The zero-order valence-electron chi connectivity index (χ0n) is 12.7. The van der Waals surface area contributed by atoms with Gasteiger partial charge in [0.25, 0.3) is 5.91 Å². The van der Waals surface area contributed by atoms with Gasteiger partial charge >= 0.3 is 0 Å². The van der Waals surface area contributed by atoms with E-state index in [0.29, 0.717) is 22.7 Å². The molecule has 0 saturated carbocycles. The maximum atomic E-state index is 12.0. The van der Waals surface area contributed by atoms with Gasteiger partial charge in [-0.1, -0.05) is 25.5 Å². The summed E-state index contributed by atoms with van der Waals surface area (Å²) in [6, 6.07) is 10.1. The first-order chi connectivity index (χ1) is 10.6. The van der Waals surface area contributed by atoms with Gasteiger partial charge in [0.15, 0.2) is 0 Å². The number of carbonyl (C=O) groups excluding carboxylic acids is 2. The van der Waals surface area contributed by atoms with Gasteiger partial charge in [-0.15, -0.1) is 23.7 Å². The number of carbonyl (C=O) groups is 2. The Labute approximate surface area is 145 Å². The lowest BCUT2D eigenvalue weighted by molar-refractivity contribution is -0.117. The third-order valence-electron chi connectivity index (χ3n) is 3.07. The molecule has 4 N–H and O–H groups in total. The van der Waals surface area contributed by atoms with Crippen LogP contribution in [0.2, 0.25) is 0 Å². The predicted octanol–water partition coefficient (Wildman–Crippen LogP) is 3.49. The van der Waals surface area contributed by atoms with Crippen molar-refractivity contribution in [1.82, 2.24) is 0 Å². The fraction of sp³-hybridized carbons (Fsp3) is 0.250. The Kier molecular flexibility index (Phi) is 7.74. The largest absolute Gasteiger partial charge is 0.325 e. The van der Waals surface area contributed by atoms with Crippen molar-refractivity contribution in [1.29, 1.82) is 0 Å². The zero-order chi connectivity index (χ0) is 15.9. The summed E-state index contributed by atoms with van der Waals surface area (Å²) >= 11 is 1.38. The second-order valence-corrected chi connectivity index (χ2v) is 5.84. The SMILES string of the molecule is CCCC(N)C(=O)Nc1cccc(NC(=O)c2cccs2)c1.Cl. The maximum Gasteiger partial charge on any atom is 0.265 e. The first kappa shape index (κ1) is 19.2. The Balaban J connectivity index is 0.00000264. The van der Waals surface area contributed by atoms with Crippen LogP contribution in [-0.2, 0) is 4.79 Å². The summed E-state index contributed by atoms with van der Waals surface area (Å²) in [6.07, 6.45) is 1.49. The molecule has 1 heterocycles. The molecule has 0 aliphatic carbocycles. The van der Waals surface area contributed by atoms with Gasteiger partial charge in [0.05, 0.1) is 10.9 Å². The highest BCUT2D eigenvalue weighted by Crippen LogP contribution is 2.18. The minimum Gasteiger partial charge on any atom is -0.325 e. The maximum absolute atomic E-state index is 12.0. The molecular formula is C16H20ClN3O2S. The zero-order valence-corrected chi connectivity index (χ0v) is 14.4. The Morgan fingerprint density at radius 1 is 1.17 bits per heavy atom. The van der Waals surface area contributed by atoms with Crippen molar-refractivity contribution in [3.63, 3.8) is 0 Å². The van der Waals surface area contributed by atoms with Gasteiger partial charge in [-0.3, -0.25) is 9.59 Å². The molecule has 124 valence electrons. The highest BCUT2D eigenvalue weighted by molar-refractivity contribution is 7.12. The quantitative estimate of drug-likeness (QED) is 0.743. The minimum absolute atomic E-state index is 0. The van der Waals surface area contributed by atoms with E-state index >= 15 is 0 Å². The molecule has 5 nitrogen and oxygen atoms in total. The molecule has 1 aromatic carbocycles. The molecule has 2 aromatic rings. The summed E-state index contributed by atoms with van der Waals surface area (Å²) in [5.74, 6) is -0.384. The topological polar surface area (TPSA) is 84.2 Å². The van der Waals surface area contributed by atoms with Crippen LogP contribution in [0, 0.1) is 0 Å². The van der Waals surface area contributed by atoms with Crippen LogP contribution in [0.1, 0.15) is 29.4 Å². The highest BCUT2D eigenvalue weighted by Gasteiger charge is 2.13. The van der Waals surface area contributed by atoms with Crippen molar-refractivity contribution < 1.29 is 9.59 Å². The molecule has 7 heteroatoms. The number of rotatable bonds is 6.